The van der Waals surface area contributed by atoms with E-state index in [1.807, 2.05) is 6.92 Å². The van der Waals surface area contributed by atoms with E-state index in [1.54, 1.807) is 24.3 Å². The van der Waals surface area contributed by atoms with Crippen molar-refractivity contribution < 1.29 is 13.2 Å². The highest BCUT2D eigenvalue weighted by Gasteiger charge is 2.42. The Morgan fingerprint density at radius 3 is 2.48 bits per heavy atom. The predicted octanol–water partition coefficient (Wildman–Crippen LogP) is 2.56. The fourth-order valence-corrected chi connectivity index (χ4v) is 5.62. The summed E-state index contributed by atoms with van der Waals surface area (Å²) in [4.78, 5) is 12.6. The highest BCUT2D eigenvalue weighted by Crippen LogP contribution is 2.49. The van der Waals surface area contributed by atoms with Gasteiger partial charge >= 0.3 is 0 Å². The zero-order valence-corrected chi connectivity index (χ0v) is 16.1. The Hall–Kier alpha value is -1.40. The van der Waals surface area contributed by atoms with Crippen LogP contribution in [0.1, 0.15) is 38.2 Å². The van der Waals surface area contributed by atoms with Crippen LogP contribution in [0.4, 0.5) is 0 Å². The zero-order chi connectivity index (χ0) is 18.2. The molecular weight excluding hydrogens is 336 g/mol. The van der Waals surface area contributed by atoms with E-state index in [-0.39, 0.29) is 23.4 Å². The second-order valence-electron chi connectivity index (χ2n) is 7.77. The number of aryl methyl sites for hydroxylation is 1. The third kappa shape index (κ3) is 3.90. The lowest BCUT2D eigenvalue weighted by Gasteiger charge is -2.29. The molecule has 1 N–H and O–H groups in total. The minimum atomic E-state index is -3.64. The highest BCUT2D eigenvalue weighted by atomic mass is 32.2. The molecule has 1 amide bonds. The Bertz CT molecular complexity index is 730. The molecule has 6 heteroatoms. The van der Waals surface area contributed by atoms with E-state index in [4.69, 9.17) is 0 Å². The molecule has 0 aromatic heterocycles. The van der Waals surface area contributed by atoms with Gasteiger partial charge in [-0.25, -0.2) is 8.42 Å². The minimum Gasteiger partial charge on any atom is -0.352 e. The molecule has 0 spiro atoms. The van der Waals surface area contributed by atoms with Crippen molar-refractivity contribution in [2.45, 2.75) is 50.5 Å². The average Bonchev–Trinajstić information content (AvgIpc) is 3.18. The van der Waals surface area contributed by atoms with Crippen LogP contribution in [0.15, 0.2) is 29.2 Å². The van der Waals surface area contributed by atoms with Crippen LogP contribution in [-0.2, 0) is 14.8 Å². The van der Waals surface area contributed by atoms with Gasteiger partial charge in [0.25, 0.3) is 0 Å². The average molecular weight is 365 g/mol. The number of hydrogen-bond acceptors (Lipinski definition) is 3. The fourth-order valence-electron chi connectivity index (χ4n) is 4.49. The van der Waals surface area contributed by atoms with Gasteiger partial charge in [0.15, 0.2) is 0 Å². The summed E-state index contributed by atoms with van der Waals surface area (Å²) in [6.45, 7) is 3.81. The molecule has 2 fully saturated rings. The van der Waals surface area contributed by atoms with Crippen molar-refractivity contribution in [2.75, 3.05) is 13.6 Å². The summed E-state index contributed by atoms with van der Waals surface area (Å²) in [6, 6.07) is 6.79. The molecule has 2 aliphatic carbocycles. The largest absolute Gasteiger partial charge is 0.352 e. The monoisotopic (exact) mass is 364 g/mol. The van der Waals surface area contributed by atoms with Gasteiger partial charge in [-0.15, -0.1) is 0 Å². The summed E-state index contributed by atoms with van der Waals surface area (Å²) in [5.41, 5.74) is 0.999. The van der Waals surface area contributed by atoms with E-state index >= 15 is 0 Å². The van der Waals surface area contributed by atoms with Gasteiger partial charge in [-0.1, -0.05) is 24.1 Å². The molecule has 0 saturated heterocycles. The van der Waals surface area contributed by atoms with Crippen molar-refractivity contribution >= 4 is 15.9 Å². The second kappa shape index (κ2) is 7.08. The first-order chi connectivity index (χ1) is 11.8. The van der Waals surface area contributed by atoms with Crippen LogP contribution in [0, 0.1) is 24.7 Å². The fraction of sp³-hybridized carbons (Fsp3) is 0.632. The molecule has 2 aliphatic rings. The van der Waals surface area contributed by atoms with E-state index in [0.29, 0.717) is 5.92 Å². The molecular formula is C19H28N2O3S. The lowest BCUT2D eigenvalue weighted by molar-refractivity contribution is -0.122. The Morgan fingerprint density at radius 2 is 1.92 bits per heavy atom. The van der Waals surface area contributed by atoms with Crippen LogP contribution in [-0.4, -0.2) is 38.3 Å². The number of nitrogens with zero attached hydrogens (tertiary/aromatic N) is 1. The summed E-state index contributed by atoms with van der Waals surface area (Å²) in [7, 11) is -2.19. The number of carbonyl (C=O) groups is 1. The van der Waals surface area contributed by atoms with Crippen molar-refractivity contribution in [3.05, 3.63) is 29.8 Å². The second-order valence-corrected chi connectivity index (χ2v) is 9.81. The quantitative estimate of drug-likeness (QED) is 0.844. The van der Waals surface area contributed by atoms with Gasteiger partial charge in [0, 0.05) is 13.1 Å². The normalized spacial score (nSPS) is 26.8. The lowest BCUT2D eigenvalue weighted by Crippen LogP contribution is -2.45. The summed E-state index contributed by atoms with van der Waals surface area (Å²) in [6.07, 6.45) is 5.10. The first kappa shape index (κ1) is 18.4. The molecule has 138 valence electrons. The van der Waals surface area contributed by atoms with E-state index < -0.39 is 10.0 Å². The van der Waals surface area contributed by atoms with Gasteiger partial charge in [-0.3, -0.25) is 4.79 Å². The molecule has 1 aromatic rings. The SMILES string of the molecule is Cc1ccc(S(=O)(=O)N(C)CC(=O)N[C@@H](C)[C@@H]2C[C@H]3CC[C@H]2C3)cc1. The third-order valence-electron chi connectivity index (χ3n) is 5.92. The van der Waals surface area contributed by atoms with Crippen LogP contribution in [0.2, 0.25) is 0 Å². The Morgan fingerprint density at radius 1 is 1.24 bits per heavy atom. The van der Waals surface area contributed by atoms with Gasteiger partial charge in [0.2, 0.25) is 15.9 Å². The molecule has 1 aromatic carbocycles. The van der Waals surface area contributed by atoms with Gasteiger partial charge < -0.3 is 5.32 Å². The maximum absolute atomic E-state index is 12.6. The van der Waals surface area contributed by atoms with E-state index in [0.717, 1.165) is 21.7 Å². The third-order valence-corrected chi connectivity index (χ3v) is 7.74. The number of sulfonamides is 1. The molecule has 0 aliphatic heterocycles. The molecule has 0 radical (unpaired) electrons. The van der Waals surface area contributed by atoms with Gasteiger partial charge in [-0.05, 0) is 63.0 Å². The number of rotatable bonds is 6. The van der Waals surface area contributed by atoms with Crippen LogP contribution >= 0.6 is 0 Å². The number of nitrogens with one attached hydrogen (secondary N) is 1. The number of likely N-dealkylation sites (N-methyl/N-ethyl adjacent to an activating group) is 1. The van der Waals surface area contributed by atoms with Crippen LogP contribution < -0.4 is 5.32 Å². The summed E-state index contributed by atoms with van der Waals surface area (Å²) in [5.74, 6) is 1.88. The molecule has 3 rings (SSSR count). The first-order valence-electron chi connectivity index (χ1n) is 9.09. The zero-order valence-electron chi connectivity index (χ0n) is 15.2. The van der Waals surface area contributed by atoms with Gasteiger partial charge in [0.05, 0.1) is 11.4 Å². The maximum Gasteiger partial charge on any atom is 0.243 e. The van der Waals surface area contributed by atoms with E-state index in [2.05, 4.69) is 12.2 Å². The summed E-state index contributed by atoms with van der Waals surface area (Å²) >= 11 is 0. The molecule has 0 heterocycles. The Labute approximate surface area is 150 Å². The van der Waals surface area contributed by atoms with Crippen molar-refractivity contribution in [2.24, 2.45) is 17.8 Å². The number of benzene rings is 1. The number of carbonyl (C=O) groups excluding carboxylic acids is 1. The van der Waals surface area contributed by atoms with E-state index in [9.17, 15) is 13.2 Å². The molecule has 0 unspecified atom stereocenters. The van der Waals surface area contributed by atoms with Gasteiger partial charge in [0.1, 0.15) is 0 Å². The summed E-state index contributed by atoms with van der Waals surface area (Å²) < 4.78 is 26.3. The van der Waals surface area contributed by atoms with Crippen molar-refractivity contribution in [1.82, 2.24) is 9.62 Å². The van der Waals surface area contributed by atoms with Crippen LogP contribution in [0.5, 0.6) is 0 Å². The number of fused-ring (bicyclic) bond motifs is 2. The lowest BCUT2D eigenvalue weighted by atomic mass is 9.84. The first-order valence-corrected chi connectivity index (χ1v) is 10.5. The van der Waals surface area contributed by atoms with Crippen molar-refractivity contribution in [3.8, 4) is 0 Å². The molecule has 2 bridgehead atoms. The van der Waals surface area contributed by atoms with Crippen molar-refractivity contribution in [1.29, 1.82) is 0 Å². The standard InChI is InChI=1S/C19H28N2O3S/c1-13-4-8-17(9-5-13)25(23,24)21(3)12-19(22)20-14(2)18-11-15-6-7-16(18)10-15/h4-5,8-9,14-16,18H,6-7,10-12H2,1-3H3,(H,20,22)/t14-,15-,16-,18-/m0/s1. The topological polar surface area (TPSA) is 66.5 Å². The number of hydrogen-bond donors (Lipinski definition) is 1. The molecule has 25 heavy (non-hydrogen) atoms. The summed E-state index contributed by atoms with van der Waals surface area (Å²) in [5, 5.41) is 3.03. The smallest absolute Gasteiger partial charge is 0.243 e. The highest BCUT2D eigenvalue weighted by molar-refractivity contribution is 7.89. The molecule has 5 nitrogen and oxygen atoms in total. The number of amides is 1. The van der Waals surface area contributed by atoms with Crippen LogP contribution in [0.3, 0.4) is 0 Å². The molecule has 4 atom stereocenters. The predicted molar refractivity (Wildman–Crippen MR) is 97.5 cm³/mol. The van der Waals surface area contributed by atoms with E-state index in [1.165, 1.54) is 32.7 Å². The van der Waals surface area contributed by atoms with Crippen LogP contribution in [0.25, 0.3) is 0 Å². The minimum absolute atomic E-state index is 0.110. The maximum atomic E-state index is 12.6. The Balaban J connectivity index is 1.57. The molecule has 2 saturated carbocycles. The van der Waals surface area contributed by atoms with Crippen molar-refractivity contribution in [3.63, 3.8) is 0 Å². The Kier molecular flexibility index (Phi) is 5.21. The van der Waals surface area contributed by atoms with Gasteiger partial charge in [-0.2, -0.15) is 4.31 Å².